The highest BCUT2D eigenvalue weighted by molar-refractivity contribution is 8.01. The lowest BCUT2D eigenvalue weighted by Crippen LogP contribution is -2.31. The Kier molecular flexibility index (Phi) is 11.4. The predicted octanol–water partition coefficient (Wildman–Crippen LogP) is 3.15. The number of rotatable bonds is 15. The molecule has 21 nitrogen and oxygen atoms in total. The molecular weight excluding hydrogens is 761 g/mol. The van der Waals surface area contributed by atoms with Crippen molar-refractivity contribution in [2.24, 2.45) is 0 Å². The van der Waals surface area contributed by atoms with Crippen LogP contribution in [0.1, 0.15) is 34.1 Å². The van der Waals surface area contributed by atoms with E-state index in [1.165, 1.54) is 43.0 Å². The zero-order chi connectivity index (χ0) is 39.2. The maximum Gasteiger partial charge on any atom is 0.341 e. The number of methoxy groups -OCH3 is 1. The van der Waals surface area contributed by atoms with Gasteiger partial charge in [-0.3, -0.25) is 14.4 Å². The number of fused-ring (bicyclic) bond motifs is 2. The number of phenolic OH excluding ortho intramolecular Hbond substituents is 2. The number of carboxylic acid groups (broad SMARTS) is 1. The number of benzene rings is 2. The zero-order valence-electron chi connectivity index (χ0n) is 28.6. The van der Waals surface area contributed by atoms with E-state index in [1.54, 1.807) is 6.92 Å². The van der Waals surface area contributed by atoms with Crippen LogP contribution in [0.5, 0.6) is 11.5 Å². The number of nitrogens with two attached hydrogens (primary N) is 1. The fourth-order valence-electron chi connectivity index (χ4n) is 4.92. The first-order valence-corrected chi connectivity index (χ1v) is 17.7. The molecule has 2 amide bonds. The first-order chi connectivity index (χ1) is 26.4. The van der Waals surface area contributed by atoms with Crippen molar-refractivity contribution in [2.45, 2.75) is 33.9 Å². The van der Waals surface area contributed by atoms with Crippen LogP contribution >= 0.6 is 23.5 Å². The van der Waals surface area contributed by atoms with E-state index < -0.39 is 34.3 Å². The molecule has 0 spiro atoms. The Hall–Kier alpha value is -6.72. The summed E-state index contributed by atoms with van der Waals surface area (Å²) in [6, 6.07) is 7.45. The lowest BCUT2D eigenvalue weighted by Gasteiger charge is -2.18. The van der Waals surface area contributed by atoms with Gasteiger partial charge in [-0.2, -0.15) is 9.97 Å². The lowest BCUT2D eigenvalue weighted by atomic mass is 10.1. The summed E-state index contributed by atoms with van der Waals surface area (Å²) in [4.78, 5) is 88.0. The van der Waals surface area contributed by atoms with Gasteiger partial charge in [-0.25, -0.2) is 35.0 Å². The molecular formula is C32H30N12O9S2. The Balaban J connectivity index is 1.21. The standard InChI is InChI=1S/C32H30N12O9S2/c1-3-19(25(47)39-17-6-5-14(45)9-15(17)29(49)50)54-28-22-24(37-12-35-22)41-32(43-28)44-53-10-20(55-27-21-23(36-11-34-21)40-31(33)42-27)26(48)38-13-4-7-18(46)16(8-13)30(51)52-2/h4-9,11-12,19-20,45-46H,3,10H2,1-2H3,(H,38,48)(H,39,47)(H,49,50)(H3,33,34,36,40,42)(H2,35,37,41,43,44)/t19-,20-/m1/s1. The molecule has 2 atom stereocenters. The van der Waals surface area contributed by atoms with Crippen LogP contribution in [0.2, 0.25) is 0 Å². The van der Waals surface area contributed by atoms with Crippen LogP contribution in [0.15, 0.2) is 59.1 Å². The number of carbonyl (C=O) groups excluding carboxylic acids is 3. The molecule has 284 valence electrons. The maximum atomic E-state index is 13.7. The normalized spacial score (nSPS) is 12.3. The number of esters is 1. The molecule has 6 aromatic rings. The molecule has 0 saturated heterocycles. The van der Waals surface area contributed by atoms with E-state index in [0.29, 0.717) is 22.5 Å². The van der Waals surface area contributed by atoms with Crippen molar-refractivity contribution >= 4 is 92.9 Å². The number of H-pyrrole nitrogens is 2. The zero-order valence-corrected chi connectivity index (χ0v) is 30.2. The third kappa shape index (κ3) is 8.75. The monoisotopic (exact) mass is 790 g/mol. The van der Waals surface area contributed by atoms with E-state index in [-0.39, 0.29) is 68.8 Å². The minimum Gasteiger partial charge on any atom is -0.508 e. The van der Waals surface area contributed by atoms with Gasteiger partial charge in [0.05, 0.1) is 42.9 Å². The highest BCUT2D eigenvalue weighted by Crippen LogP contribution is 2.32. The van der Waals surface area contributed by atoms with Crippen molar-refractivity contribution in [1.29, 1.82) is 0 Å². The maximum absolute atomic E-state index is 13.7. The second-order valence-electron chi connectivity index (χ2n) is 11.2. The van der Waals surface area contributed by atoms with Crippen LogP contribution in [0.4, 0.5) is 23.3 Å². The number of nitrogen functional groups attached to an aromatic ring is 1. The molecule has 0 aliphatic carbocycles. The fraction of sp³-hybridized carbons (Fsp3) is 0.188. The van der Waals surface area contributed by atoms with Crippen LogP contribution in [0.25, 0.3) is 22.3 Å². The van der Waals surface area contributed by atoms with Crippen molar-refractivity contribution < 1.29 is 44.1 Å². The Morgan fingerprint density at radius 1 is 0.855 bits per heavy atom. The number of nitrogens with one attached hydrogen (secondary N) is 5. The molecule has 0 unspecified atom stereocenters. The Labute approximate surface area is 317 Å². The van der Waals surface area contributed by atoms with Crippen molar-refractivity contribution in [3.63, 3.8) is 0 Å². The van der Waals surface area contributed by atoms with Gasteiger partial charge in [0.25, 0.3) is 0 Å². The summed E-state index contributed by atoms with van der Waals surface area (Å²) in [6.07, 6.45) is 3.09. The first kappa shape index (κ1) is 38.0. The van der Waals surface area contributed by atoms with E-state index in [2.05, 4.69) is 56.0 Å². The molecule has 0 saturated carbocycles. The second-order valence-corrected chi connectivity index (χ2v) is 13.6. The van der Waals surface area contributed by atoms with Gasteiger partial charge < -0.3 is 46.4 Å². The van der Waals surface area contributed by atoms with Gasteiger partial charge in [-0.05, 0) is 42.8 Å². The van der Waals surface area contributed by atoms with Crippen molar-refractivity contribution in [3.8, 4) is 11.5 Å². The lowest BCUT2D eigenvalue weighted by molar-refractivity contribution is -0.117. The number of anilines is 4. The summed E-state index contributed by atoms with van der Waals surface area (Å²) in [5.74, 6) is -4.04. The quantitative estimate of drug-likeness (QED) is 0.0237. The van der Waals surface area contributed by atoms with Crippen LogP contribution in [0, 0.1) is 0 Å². The van der Waals surface area contributed by atoms with E-state index in [0.717, 1.165) is 36.7 Å². The second kappa shape index (κ2) is 16.5. The van der Waals surface area contributed by atoms with Crippen molar-refractivity contribution in [3.05, 3.63) is 60.2 Å². The number of hydrogen-bond acceptors (Lipinski definition) is 18. The van der Waals surface area contributed by atoms with Crippen molar-refractivity contribution in [2.75, 3.05) is 35.6 Å². The molecule has 0 fully saturated rings. The number of imidazole rings is 2. The summed E-state index contributed by atoms with van der Waals surface area (Å²) in [7, 11) is 1.15. The van der Waals surface area contributed by atoms with E-state index in [9.17, 15) is 34.5 Å². The largest absolute Gasteiger partial charge is 0.508 e. The van der Waals surface area contributed by atoms with Gasteiger partial charge in [0.1, 0.15) is 43.4 Å². The summed E-state index contributed by atoms with van der Waals surface area (Å²) < 4.78 is 4.71. The predicted molar refractivity (Wildman–Crippen MR) is 199 cm³/mol. The minimum absolute atomic E-state index is 0.00294. The number of nitrogens with zero attached hydrogens (tertiary/aromatic N) is 6. The molecule has 0 bridgehead atoms. The number of aromatic amines is 2. The number of ether oxygens (including phenoxy) is 1. The number of aromatic hydroxyl groups is 2. The average molecular weight is 791 g/mol. The molecule has 4 aromatic heterocycles. The first-order valence-electron chi connectivity index (χ1n) is 15.9. The Morgan fingerprint density at radius 2 is 1.53 bits per heavy atom. The number of carbonyl (C=O) groups is 4. The molecule has 23 heteroatoms. The number of aromatic nitrogens is 8. The van der Waals surface area contributed by atoms with Crippen LogP contribution in [-0.2, 0) is 19.2 Å². The highest BCUT2D eigenvalue weighted by atomic mass is 32.2. The smallest absolute Gasteiger partial charge is 0.341 e. The number of carboxylic acids is 1. The number of thioether (sulfide) groups is 2. The summed E-state index contributed by atoms with van der Waals surface area (Å²) in [6.45, 7) is 1.43. The summed E-state index contributed by atoms with van der Waals surface area (Å²) >= 11 is 2.02. The third-order valence-electron chi connectivity index (χ3n) is 7.54. The van der Waals surface area contributed by atoms with Gasteiger partial charge in [-0.15, -0.1) is 0 Å². The molecule has 0 aliphatic rings. The molecule has 10 N–H and O–H groups in total. The Morgan fingerprint density at radius 3 is 2.22 bits per heavy atom. The van der Waals surface area contributed by atoms with Crippen LogP contribution in [0.3, 0.4) is 0 Å². The van der Waals surface area contributed by atoms with E-state index in [4.69, 9.17) is 15.3 Å². The molecule has 2 aromatic carbocycles. The third-order valence-corrected chi connectivity index (χ3v) is 10.0. The summed E-state index contributed by atoms with van der Waals surface area (Å²) in [5, 5.41) is 33.4. The van der Waals surface area contributed by atoms with E-state index in [1.807, 2.05) is 0 Å². The summed E-state index contributed by atoms with van der Waals surface area (Å²) in [5.41, 5.74) is 9.56. The van der Waals surface area contributed by atoms with Gasteiger partial charge in [0, 0.05) is 5.69 Å². The molecule has 0 aliphatic heterocycles. The van der Waals surface area contributed by atoms with Crippen molar-refractivity contribution in [1.82, 2.24) is 39.9 Å². The SMILES string of the molecule is CC[C@@H](Sc1nc(NOC[C@@H](Sc2nc(N)nc3nc[nH]c23)C(=O)Nc2ccc(O)c(C(=O)OC)c2)nc2nc[nH]c12)C(=O)Nc1ccc(O)cc1C(=O)O. The number of aromatic carboxylic acids is 1. The van der Waals surface area contributed by atoms with Gasteiger partial charge in [-0.1, -0.05) is 30.4 Å². The van der Waals surface area contributed by atoms with Crippen LogP contribution in [-0.4, -0.2) is 103 Å². The Bertz CT molecular complexity index is 2430. The molecule has 0 radical (unpaired) electrons. The molecule has 55 heavy (non-hydrogen) atoms. The van der Waals surface area contributed by atoms with Crippen LogP contribution < -0.4 is 21.8 Å². The molecule has 6 rings (SSSR count). The fourth-order valence-corrected chi connectivity index (χ4v) is 6.92. The number of phenols is 2. The van der Waals surface area contributed by atoms with Gasteiger partial charge in [0.15, 0.2) is 11.3 Å². The van der Waals surface area contributed by atoms with Gasteiger partial charge >= 0.3 is 11.9 Å². The minimum atomic E-state index is -1.33. The number of amides is 2. The molecule has 4 heterocycles. The van der Waals surface area contributed by atoms with E-state index >= 15 is 0 Å². The number of hydrogen-bond donors (Lipinski definition) is 9. The topological polar surface area (TPSA) is 318 Å². The highest BCUT2D eigenvalue weighted by Gasteiger charge is 2.27. The average Bonchev–Trinajstić information content (AvgIpc) is 3.84. The van der Waals surface area contributed by atoms with Gasteiger partial charge in [0.2, 0.25) is 23.7 Å².